The smallest absolute Gasteiger partial charge is 0.320 e. The van der Waals surface area contributed by atoms with Gasteiger partial charge >= 0.3 is 5.97 Å². The van der Waals surface area contributed by atoms with Gasteiger partial charge in [0.25, 0.3) is 0 Å². The van der Waals surface area contributed by atoms with Crippen LogP contribution in [0, 0.1) is 11.8 Å². The molecule has 2 rings (SSSR count). The predicted molar refractivity (Wildman–Crippen MR) is 62.3 cm³/mol. The zero-order valence-electron chi connectivity index (χ0n) is 9.91. The minimum atomic E-state index is -0.697. The van der Waals surface area contributed by atoms with Crippen molar-refractivity contribution in [3.05, 3.63) is 0 Å². The van der Waals surface area contributed by atoms with Gasteiger partial charge in [-0.3, -0.25) is 4.79 Å². The minimum Gasteiger partial charge on any atom is -0.480 e. The van der Waals surface area contributed by atoms with Crippen LogP contribution in [0.4, 0.5) is 0 Å². The van der Waals surface area contributed by atoms with Crippen molar-refractivity contribution < 1.29 is 9.90 Å². The predicted octanol–water partition coefficient (Wildman–Crippen LogP) is 0.827. The Labute approximate surface area is 96.8 Å². The van der Waals surface area contributed by atoms with Crippen molar-refractivity contribution in [1.82, 2.24) is 10.6 Å². The van der Waals surface area contributed by atoms with Crippen molar-refractivity contribution >= 4 is 5.97 Å². The van der Waals surface area contributed by atoms with Crippen molar-refractivity contribution in [2.75, 3.05) is 13.1 Å². The third-order valence-electron chi connectivity index (χ3n) is 4.08. The van der Waals surface area contributed by atoms with Crippen LogP contribution in [0.2, 0.25) is 0 Å². The number of carboxylic acids is 1. The van der Waals surface area contributed by atoms with Crippen molar-refractivity contribution in [3.63, 3.8) is 0 Å². The maximum absolute atomic E-state index is 10.8. The summed E-state index contributed by atoms with van der Waals surface area (Å²) in [5.74, 6) is 0.760. The molecule has 2 fully saturated rings. The number of piperidine rings is 2. The van der Waals surface area contributed by atoms with Gasteiger partial charge in [0.15, 0.2) is 0 Å². The van der Waals surface area contributed by atoms with Crippen LogP contribution < -0.4 is 10.6 Å². The lowest BCUT2D eigenvalue weighted by molar-refractivity contribution is -0.140. The van der Waals surface area contributed by atoms with Crippen molar-refractivity contribution in [3.8, 4) is 0 Å². The SMILES string of the molecule is CC1CC(C2CCC(C(=O)O)NC2)CCN1. The number of carbonyl (C=O) groups is 1. The molecule has 0 bridgehead atoms. The molecule has 2 saturated heterocycles. The highest BCUT2D eigenvalue weighted by atomic mass is 16.4. The van der Waals surface area contributed by atoms with E-state index in [9.17, 15) is 4.79 Å². The fraction of sp³-hybridized carbons (Fsp3) is 0.917. The lowest BCUT2D eigenvalue weighted by atomic mass is 9.77. The van der Waals surface area contributed by atoms with Crippen LogP contribution in [0.5, 0.6) is 0 Å². The number of rotatable bonds is 2. The van der Waals surface area contributed by atoms with E-state index in [1.807, 2.05) is 0 Å². The summed E-state index contributed by atoms with van der Waals surface area (Å²) < 4.78 is 0. The molecule has 4 nitrogen and oxygen atoms in total. The molecule has 2 aliphatic rings. The van der Waals surface area contributed by atoms with Crippen molar-refractivity contribution in [2.45, 2.75) is 44.7 Å². The quantitative estimate of drug-likeness (QED) is 0.652. The van der Waals surface area contributed by atoms with E-state index in [0.717, 1.165) is 31.8 Å². The minimum absolute atomic E-state index is 0.310. The van der Waals surface area contributed by atoms with Crippen molar-refractivity contribution in [2.24, 2.45) is 11.8 Å². The Morgan fingerprint density at radius 1 is 1.19 bits per heavy atom. The van der Waals surface area contributed by atoms with Crippen LogP contribution in [0.25, 0.3) is 0 Å². The van der Waals surface area contributed by atoms with Crippen LogP contribution in [-0.2, 0) is 4.79 Å². The summed E-state index contributed by atoms with van der Waals surface area (Å²) >= 11 is 0. The Hall–Kier alpha value is -0.610. The Bertz CT molecular complexity index is 249. The molecule has 3 N–H and O–H groups in total. The molecule has 0 radical (unpaired) electrons. The summed E-state index contributed by atoms with van der Waals surface area (Å²) in [5.41, 5.74) is 0. The summed E-state index contributed by atoms with van der Waals surface area (Å²) in [4.78, 5) is 10.8. The molecule has 92 valence electrons. The second-order valence-corrected chi connectivity index (χ2v) is 5.28. The van der Waals surface area contributed by atoms with E-state index in [1.165, 1.54) is 12.8 Å². The third kappa shape index (κ3) is 2.74. The highest BCUT2D eigenvalue weighted by molar-refractivity contribution is 5.73. The van der Waals surface area contributed by atoms with Crippen LogP contribution >= 0.6 is 0 Å². The van der Waals surface area contributed by atoms with E-state index >= 15 is 0 Å². The average molecular weight is 226 g/mol. The van der Waals surface area contributed by atoms with Gasteiger partial charge in [0.2, 0.25) is 0 Å². The number of carboxylic acid groups (broad SMARTS) is 1. The van der Waals surface area contributed by atoms with Crippen LogP contribution in [0.3, 0.4) is 0 Å². The van der Waals surface area contributed by atoms with Crippen LogP contribution in [-0.4, -0.2) is 36.2 Å². The summed E-state index contributed by atoms with van der Waals surface area (Å²) in [6.07, 6.45) is 4.35. The first-order chi connectivity index (χ1) is 7.66. The first-order valence-electron chi connectivity index (χ1n) is 6.36. The van der Waals surface area contributed by atoms with Gasteiger partial charge in [-0.15, -0.1) is 0 Å². The van der Waals surface area contributed by atoms with E-state index in [2.05, 4.69) is 17.6 Å². The lowest BCUT2D eigenvalue weighted by Gasteiger charge is -2.37. The van der Waals surface area contributed by atoms with E-state index in [-0.39, 0.29) is 6.04 Å². The maximum Gasteiger partial charge on any atom is 0.320 e. The fourth-order valence-electron chi connectivity index (χ4n) is 3.09. The molecular weight excluding hydrogens is 204 g/mol. The van der Waals surface area contributed by atoms with E-state index in [4.69, 9.17) is 5.11 Å². The molecule has 4 heteroatoms. The van der Waals surface area contributed by atoms with Gasteiger partial charge in [0.05, 0.1) is 0 Å². The topological polar surface area (TPSA) is 61.4 Å². The Morgan fingerprint density at radius 3 is 2.56 bits per heavy atom. The number of aliphatic carboxylic acids is 1. The molecule has 0 aromatic carbocycles. The maximum atomic E-state index is 10.8. The molecule has 0 aromatic heterocycles. The summed E-state index contributed by atoms with van der Waals surface area (Å²) in [6.45, 7) is 4.24. The standard InChI is InChI=1S/C12H22N2O2/c1-8-6-9(4-5-13-8)10-2-3-11(12(15)16)14-7-10/h8-11,13-14H,2-7H2,1H3,(H,15,16). The number of nitrogens with one attached hydrogen (secondary N) is 2. The van der Waals surface area contributed by atoms with Gasteiger partial charge in [-0.25, -0.2) is 0 Å². The highest BCUT2D eigenvalue weighted by Crippen LogP contribution is 2.30. The highest BCUT2D eigenvalue weighted by Gasteiger charge is 2.31. The second-order valence-electron chi connectivity index (χ2n) is 5.28. The summed E-state index contributed by atoms with van der Waals surface area (Å²) in [5, 5.41) is 15.5. The molecule has 0 aromatic rings. The van der Waals surface area contributed by atoms with Gasteiger partial charge in [-0.1, -0.05) is 0 Å². The molecule has 0 spiro atoms. The van der Waals surface area contributed by atoms with E-state index in [1.54, 1.807) is 0 Å². The molecule has 4 atom stereocenters. The summed E-state index contributed by atoms with van der Waals surface area (Å²) in [7, 11) is 0. The fourth-order valence-corrected chi connectivity index (χ4v) is 3.09. The third-order valence-corrected chi connectivity index (χ3v) is 4.08. The van der Waals surface area contributed by atoms with E-state index in [0.29, 0.717) is 12.0 Å². The van der Waals surface area contributed by atoms with Crippen LogP contribution in [0.15, 0.2) is 0 Å². The molecule has 2 aliphatic heterocycles. The Kier molecular flexibility index (Phi) is 3.82. The van der Waals surface area contributed by atoms with Gasteiger partial charge in [0, 0.05) is 6.04 Å². The largest absolute Gasteiger partial charge is 0.480 e. The van der Waals surface area contributed by atoms with Gasteiger partial charge in [-0.2, -0.15) is 0 Å². The van der Waals surface area contributed by atoms with Gasteiger partial charge in [-0.05, 0) is 57.5 Å². The zero-order valence-corrected chi connectivity index (χ0v) is 9.91. The monoisotopic (exact) mass is 226 g/mol. The molecule has 4 unspecified atom stereocenters. The molecular formula is C12H22N2O2. The first-order valence-corrected chi connectivity index (χ1v) is 6.36. The zero-order chi connectivity index (χ0) is 11.5. The van der Waals surface area contributed by atoms with Gasteiger partial charge in [0.1, 0.15) is 6.04 Å². The molecule has 0 aliphatic carbocycles. The molecule has 16 heavy (non-hydrogen) atoms. The first kappa shape index (κ1) is 11.9. The lowest BCUT2D eigenvalue weighted by Crippen LogP contribution is -2.48. The van der Waals surface area contributed by atoms with Crippen LogP contribution in [0.1, 0.15) is 32.6 Å². The Balaban J connectivity index is 1.81. The molecule has 0 saturated carbocycles. The average Bonchev–Trinajstić information content (AvgIpc) is 2.29. The second kappa shape index (κ2) is 5.15. The molecule has 2 heterocycles. The Morgan fingerprint density at radius 2 is 2.00 bits per heavy atom. The number of hydrogen-bond donors (Lipinski definition) is 3. The normalized spacial score (nSPS) is 40.6. The summed E-state index contributed by atoms with van der Waals surface area (Å²) in [6, 6.07) is 0.311. The number of hydrogen-bond acceptors (Lipinski definition) is 3. The van der Waals surface area contributed by atoms with E-state index < -0.39 is 5.97 Å². The molecule has 0 amide bonds. The van der Waals surface area contributed by atoms with Gasteiger partial charge < -0.3 is 15.7 Å². The van der Waals surface area contributed by atoms with Crippen molar-refractivity contribution in [1.29, 1.82) is 0 Å².